The van der Waals surface area contributed by atoms with Gasteiger partial charge >= 0.3 is 0 Å². The van der Waals surface area contributed by atoms with Crippen LogP contribution in [-0.4, -0.2) is 16.0 Å². The quantitative estimate of drug-likeness (QED) is 0.343. The number of non-ortho nitro benzene ring substituents is 1. The van der Waals surface area contributed by atoms with Gasteiger partial charge in [0.05, 0.1) is 15.5 Å². The largest absolute Gasteiger partial charge is 0.457 e. The molecule has 0 spiro atoms. The van der Waals surface area contributed by atoms with Crippen LogP contribution in [0.15, 0.2) is 75.0 Å². The van der Waals surface area contributed by atoms with Gasteiger partial charge in [-0.1, -0.05) is 31.2 Å². The highest BCUT2D eigenvalue weighted by molar-refractivity contribution is 8.18. The third kappa shape index (κ3) is 4.33. The van der Waals surface area contributed by atoms with Gasteiger partial charge in [0.2, 0.25) is 0 Å². The van der Waals surface area contributed by atoms with Crippen LogP contribution in [0.5, 0.6) is 0 Å². The number of thioether (sulfide) groups is 1. The molecule has 0 saturated carbocycles. The van der Waals surface area contributed by atoms with Crippen molar-refractivity contribution in [3.63, 3.8) is 0 Å². The van der Waals surface area contributed by atoms with Crippen molar-refractivity contribution in [1.82, 2.24) is 5.32 Å². The van der Waals surface area contributed by atoms with Crippen molar-refractivity contribution in [2.24, 2.45) is 4.99 Å². The molecule has 0 unspecified atom stereocenters. The number of rotatable bonds is 5. The van der Waals surface area contributed by atoms with E-state index in [1.54, 1.807) is 30.3 Å². The van der Waals surface area contributed by atoms with Gasteiger partial charge in [-0.25, -0.2) is 4.99 Å². The predicted octanol–water partition coefficient (Wildman–Crippen LogP) is 5.31. The third-order valence-electron chi connectivity index (χ3n) is 4.47. The number of nitrogens with one attached hydrogen (secondary N) is 1. The summed E-state index contributed by atoms with van der Waals surface area (Å²) in [6.45, 7) is 2.09. The zero-order chi connectivity index (χ0) is 21.1. The van der Waals surface area contributed by atoms with E-state index >= 15 is 0 Å². The number of carbonyl (C=O) groups excluding carboxylic acids is 1. The number of aliphatic imine (C=N–C) groups is 1. The average Bonchev–Trinajstić information content (AvgIpc) is 3.35. The number of benzene rings is 2. The molecule has 2 aromatic carbocycles. The number of hydrogen-bond acceptors (Lipinski definition) is 6. The number of amides is 1. The Hall–Kier alpha value is -3.65. The summed E-state index contributed by atoms with van der Waals surface area (Å²) in [5, 5.41) is 14.2. The Morgan fingerprint density at radius 1 is 1.17 bits per heavy atom. The SMILES string of the molecule is CCc1ccc(N=C2NC(=O)C(=Cc3ccc(-c4cccc([N+](=O)[O-])c4)o3)S2)cc1. The highest BCUT2D eigenvalue weighted by Crippen LogP contribution is 2.31. The first-order valence-electron chi connectivity index (χ1n) is 9.25. The number of amidine groups is 1. The second kappa shape index (κ2) is 8.38. The van der Waals surface area contributed by atoms with E-state index in [2.05, 4.69) is 17.2 Å². The Morgan fingerprint density at radius 2 is 1.97 bits per heavy atom. The number of nitrogens with zero attached hydrogens (tertiary/aromatic N) is 2. The van der Waals surface area contributed by atoms with E-state index < -0.39 is 4.92 Å². The molecule has 0 atom stereocenters. The summed E-state index contributed by atoms with van der Waals surface area (Å²) in [6, 6.07) is 17.5. The summed E-state index contributed by atoms with van der Waals surface area (Å²) in [7, 11) is 0. The topological polar surface area (TPSA) is 97.7 Å². The summed E-state index contributed by atoms with van der Waals surface area (Å²) in [4.78, 5) is 27.7. The maximum atomic E-state index is 12.3. The summed E-state index contributed by atoms with van der Waals surface area (Å²) < 4.78 is 5.76. The summed E-state index contributed by atoms with van der Waals surface area (Å²) in [6.07, 6.45) is 2.58. The van der Waals surface area contributed by atoms with Crippen LogP contribution in [-0.2, 0) is 11.2 Å². The van der Waals surface area contributed by atoms with Crippen LogP contribution in [0.3, 0.4) is 0 Å². The number of aryl methyl sites for hydroxylation is 1. The Bertz CT molecular complexity index is 1180. The lowest BCUT2D eigenvalue weighted by Crippen LogP contribution is -2.19. The van der Waals surface area contributed by atoms with Crippen LogP contribution in [0.1, 0.15) is 18.2 Å². The monoisotopic (exact) mass is 419 g/mol. The molecule has 7 nitrogen and oxygen atoms in total. The van der Waals surface area contributed by atoms with Crippen molar-refractivity contribution in [2.45, 2.75) is 13.3 Å². The molecule has 4 rings (SSSR count). The van der Waals surface area contributed by atoms with Crippen LogP contribution in [0, 0.1) is 10.1 Å². The molecular weight excluding hydrogens is 402 g/mol. The molecule has 0 bridgehead atoms. The van der Waals surface area contributed by atoms with Gasteiger partial charge in [0.1, 0.15) is 11.5 Å². The van der Waals surface area contributed by atoms with Gasteiger partial charge < -0.3 is 9.73 Å². The molecule has 150 valence electrons. The second-order valence-corrected chi connectivity index (χ2v) is 7.54. The zero-order valence-electron chi connectivity index (χ0n) is 16.0. The van der Waals surface area contributed by atoms with Crippen molar-refractivity contribution >= 4 is 40.3 Å². The molecule has 30 heavy (non-hydrogen) atoms. The lowest BCUT2D eigenvalue weighted by Gasteiger charge is -1.98. The molecule has 1 aliphatic rings. The van der Waals surface area contributed by atoms with E-state index in [-0.39, 0.29) is 11.6 Å². The van der Waals surface area contributed by atoms with E-state index in [0.29, 0.717) is 27.2 Å². The average molecular weight is 419 g/mol. The van der Waals surface area contributed by atoms with Gasteiger partial charge in [0, 0.05) is 23.8 Å². The lowest BCUT2D eigenvalue weighted by molar-refractivity contribution is -0.384. The standard InChI is InChI=1S/C22H17N3O4S/c1-2-14-6-8-16(9-7-14)23-22-24-21(26)20(30-22)13-18-10-11-19(29-18)15-4-3-5-17(12-15)25(27)28/h3-13H,2H2,1H3,(H,23,24,26). The van der Waals surface area contributed by atoms with E-state index in [1.165, 1.54) is 29.5 Å². The second-order valence-electron chi connectivity index (χ2n) is 6.51. The highest BCUT2D eigenvalue weighted by Gasteiger charge is 2.24. The molecule has 1 fully saturated rings. The normalized spacial score (nSPS) is 16.2. The lowest BCUT2D eigenvalue weighted by atomic mass is 10.1. The molecule has 2 heterocycles. The van der Waals surface area contributed by atoms with Crippen molar-refractivity contribution in [1.29, 1.82) is 0 Å². The molecule has 0 radical (unpaired) electrons. The first kappa shape index (κ1) is 19.7. The molecule has 1 aliphatic heterocycles. The van der Waals surface area contributed by atoms with Crippen molar-refractivity contribution < 1.29 is 14.1 Å². The fourth-order valence-electron chi connectivity index (χ4n) is 2.89. The first-order chi connectivity index (χ1) is 14.5. The maximum Gasteiger partial charge on any atom is 0.270 e. The van der Waals surface area contributed by atoms with Gasteiger partial charge in [-0.2, -0.15) is 0 Å². The van der Waals surface area contributed by atoms with Crippen molar-refractivity contribution in [2.75, 3.05) is 0 Å². The number of nitro benzene ring substituents is 1. The summed E-state index contributed by atoms with van der Waals surface area (Å²) in [5.41, 5.74) is 2.57. The van der Waals surface area contributed by atoms with Gasteiger partial charge in [-0.15, -0.1) is 0 Å². The molecule has 1 saturated heterocycles. The number of nitro groups is 1. The van der Waals surface area contributed by atoms with Crippen molar-refractivity contribution in [3.8, 4) is 11.3 Å². The Morgan fingerprint density at radius 3 is 2.70 bits per heavy atom. The van der Waals surface area contributed by atoms with E-state index in [1.807, 2.05) is 24.3 Å². The number of hydrogen-bond donors (Lipinski definition) is 1. The van der Waals surface area contributed by atoms with Gasteiger partial charge in [0.25, 0.3) is 11.6 Å². The molecule has 8 heteroatoms. The molecule has 3 aromatic rings. The van der Waals surface area contributed by atoms with E-state index in [0.717, 1.165) is 12.1 Å². The van der Waals surface area contributed by atoms with E-state index in [9.17, 15) is 14.9 Å². The Labute approximate surface area is 176 Å². The smallest absolute Gasteiger partial charge is 0.270 e. The van der Waals surface area contributed by atoms with Gasteiger partial charge in [-0.3, -0.25) is 14.9 Å². The maximum absolute atomic E-state index is 12.3. The molecule has 1 N–H and O–H groups in total. The van der Waals surface area contributed by atoms with Gasteiger partial charge in [0.15, 0.2) is 5.17 Å². The van der Waals surface area contributed by atoms with Crippen LogP contribution >= 0.6 is 11.8 Å². The fourth-order valence-corrected chi connectivity index (χ4v) is 3.71. The first-order valence-corrected chi connectivity index (χ1v) is 10.1. The third-order valence-corrected chi connectivity index (χ3v) is 5.38. The van der Waals surface area contributed by atoms with Crippen LogP contribution in [0.4, 0.5) is 11.4 Å². The molecule has 0 aliphatic carbocycles. The number of carbonyl (C=O) groups is 1. The molecule has 1 aromatic heterocycles. The zero-order valence-corrected chi connectivity index (χ0v) is 16.8. The highest BCUT2D eigenvalue weighted by atomic mass is 32.2. The van der Waals surface area contributed by atoms with Gasteiger partial charge in [-0.05, 0) is 48.0 Å². The summed E-state index contributed by atoms with van der Waals surface area (Å²) >= 11 is 1.23. The Balaban J connectivity index is 1.52. The number of furan rings is 1. The summed E-state index contributed by atoms with van der Waals surface area (Å²) in [5.74, 6) is 0.707. The van der Waals surface area contributed by atoms with Crippen LogP contribution < -0.4 is 5.32 Å². The van der Waals surface area contributed by atoms with Crippen LogP contribution in [0.2, 0.25) is 0 Å². The Kier molecular flexibility index (Phi) is 5.49. The molecular formula is C22H17N3O4S. The fraction of sp³-hybridized carbons (Fsp3) is 0.0909. The predicted molar refractivity (Wildman–Crippen MR) is 117 cm³/mol. The van der Waals surface area contributed by atoms with Crippen molar-refractivity contribution in [3.05, 3.63) is 87.0 Å². The molecule has 1 amide bonds. The minimum absolute atomic E-state index is 0.0117. The minimum atomic E-state index is -0.453. The van der Waals surface area contributed by atoms with E-state index in [4.69, 9.17) is 4.42 Å². The minimum Gasteiger partial charge on any atom is -0.457 e. The van der Waals surface area contributed by atoms with Crippen LogP contribution in [0.25, 0.3) is 17.4 Å².